The molecule has 2 aliphatic rings. The van der Waals surface area contributed by atoms with E-state index in [0.29, 0.717) is 35.0 Å². The lowest BCUT2D eigenvalue weighted by Crippen LogP contribution is -2.34. The minimum atomic E-state index is -0.0312. The average Bonchev–Trinajstić information content (AvgIpc) is 3.37. The van der Waals surface area contributed by atoms with Gasteiger partial charge in [0.05, 0.1) is 7.11 Å². The van der Waals surface area contributed by atoms with E-state index in [1.807, 2.05) is 29.2 Å². The molecule has 6 nitrogen and oxygen atoms in total. The molecule has 26 heavy (non-hydrogen) atoms. The van der Waals surface area contributed by atoms with E-state index in [2.05, 4.69) is 11.9 Å². The van der Waals surface area contributed by atoms with Crippen molar-refractivity contribution in [2.24, 2.45) is 5.92 Å². The van der Waals surface area contributed by atoms with Crippen molar-refractivity contribution in [3.8, 4) is 11.5 Å². The summed E-state index contributed by atoms with van der Waals surface area (Å²) in [4.78, 5) is 17.0. The molecular weight excluding hydrogens is 332 g/mol. The fraction of sp³-hybridized carbons (Fsp3) is 0.450. The van der Waals surface area contributed by atoms with Gasteiger partial charge in [-0.3, -0.25) is 4.79 Å². The molecule has 1 aromatic carbocycles. The van der Waals surface area contributed by atoms with Crippen molar-refractivity contribution in [2.75, 3.05) is 33.8 Å². The third-order valence-electron chi connectivity index (χ3n) is 5.42. The number of amides is 1. The molecule has 2 fully saturated rings. The first-order chi connectivity index (χ1) is 12.7. The number of furan rings is 1. The van der Waals surface area contributed by atoms with Crippen LogP contribution in [0.3, 0.4) is 0 Å². The summed E-state index contributed by atoms with van der Waals surface area (Å²) in [5, 5.41) is 0. The van der Waals surface area contributed by atoms with Gasteiger partial charge in [0.25, 0.3) is 5.91 Å². The van der Waals surface area contributed by atoms with Gasteiger partial charge in [0.1, 0.15) is 12.4 Å². The molecule has 0 saturated carbocycles. The summed E-state index contributed by atoms with van der Waals surface area (Å²) in [6, 6.07) is 11.5. The Morgan fingerprint density at radius 3 is 2.77 bits per heavy atom. The largest absolute Gasteiger partial charge is 0.493 e. The molecule has 2 atom stereocenters. The van der Waals surface area contributed by atoms with E-state index in [9.17, 15) is 4.79 Å². The van der Waals surface area contributed by atoms with E-state index in [-0.39, 0.29) is 12.5 Å². The smallest absolute Gasteiger partial charge is 0.289 e. The van der Waals surface area contributed by atoms with E-state index in [0.717, 1.165) is 19.6 Å². The standard InChI is InChI=1S/C20H24N2O4/c1-21-10-9-14-11-22(12-16(14)21)20(23)19-8-7-15(26-19)13-25-18-6-4-3-5-17(18)24-2/h3-8,14,16H,9-13H2,1-2H3/t14-,16+/m0/s1. The minimum absolute atomic E-state index is 0.0312. The highest BCUT2D eigenvalue weighted by atomic mass is 16.5. The van der Waals surface area contributed by atoms with Crippen LogP contribution in [0.25, 0.3) is 0 Å². The van der Waals surface area contributed by atoms with Crippen LogP contribution in [0.15, 0.2) is 40.8 Å². The number of carbonyl (C=O) groups excluding carboxylic acids is 1. The highest BCUT2D eigenvalue weighted by Crippen LogP contribution is 2.31. The molecule has 2 saturated heterocycles. The van der Waals surface area contributed by atoms with Gasteiger partial charge in [0.15, 0.2) is 17.3 Å². The predicted octanol–water partition coefficient (Wildman–Crippen LogP) is 2.64. The van der Waals surface area contributed by atoms with Crippen molar-refractivity contribution in [3.05, 3.63) is 47.9 Å². The molecule has 2 aliphatic heterocycles. The van der Waals surface area contributed by atoms with Crippen molar-refractivity contribution in [3.63, 3.8) is 0 Å². The summed E-state index contributed by atoms with van der Waals surface area (Å²) in [6.45, 7) is 2.99. The summed E-state index contributed by atoms with van der Waals surface area (Å²) in [7, 11) is 3.74. The van der Waals surface area contributed by atoms with Gasteiger partial charge in [0, 0.05) is 19.1 Å². The van der Waals surface area contributed by atoms with Crippen LogP contribution in [-0.2, 0) is 6.61 Å². The molecule has 0 spiro atoms. The van der Waals surface area contributed by atoms with Gasteiger partial charge in [-0.15, -0.1) is 0 Å². The van der Waals surface area contributed by atoms with Crippen LogP contribution in [0.2, 0.25) is 0 Å². The summed E-state index contributed by atoms with van der Waals surface area (Å²) in [6.07, 6.45) is 1.17. The maximum absolute atomic E-state index is 12.7. The summed E-state index contributed by atoms with van der Waals surface area (Å²) < 4.78 is 16.8. The third kappa shape index (κ3) is 3.17. The van der Waals surface area contributed by atoms with Gasteiger partial charge in [-0.2, -0.15) is 0 Å². The Kier molecular flexibility index (Phi) is 4.59. The maximum Gasteiger partial charge on any atom is 0.289 e. The fourth-order valence-electron chi connectivity index (χ4n) is 3.95. The monoisotopic (exact) mass is 356 g/mol. The van der Waals surface area contributed by atoms with Gasteiger partial charge in [-0.25, -0.2) is 0 Å². The Labute approximate surface area is 153 Å². The van der Waals surface area contributed by atoms with Crippen molar-refractivity contribution >= 4 is 5.91 Å². The third-order valence-corrected chi connectivity index (χ3v) is 5.42. The van der Waals surface area contributed by atoms with E-state index < -0.39 is 0 Å². The Balaban J connectivity index is 1.38. The molecule has 138 valence electrons. The molecule has 0 N–H and O–H groups in total. The first kappa shape index (κ1) is 17.0. The van der Waals surface area contributed by atoms with E-state index in [4.69, 9.17) is 13.9 Å². The number of fused-ring (bicyclic) bond motifs is 1. The number of likely N-dealkylation sites (N-methyl/N-ethyl adjacent to an activating group) is 1. The van der Waals surface area contributed by atoms with Gasteiger partial charge in [-0.1, -0.05) is 12.1 Å². The van der Waals surface area contributed by atoms with Crippen LogP contribution in [-0.4, -0.2) is 55.5 Å². The van der Waals surface area contributed by atoms with Gasteiger partial charge in [-0.05, 0) is 50.2 Å². The number of methoxy groups -OCH3 is 1. The number of carbonyl (C=O) groups is 1. The number of benzene rings is 1. The molecule has 2 aromatic rings. The normalized spacial score (nSPS) is 22.5. The number of nitrogens with zero attached hydrogens (tertiary/aromatic N) is 2. The zero-order valence-corrected chi connectivity index (χ0v) is 15.2. The molecule has 0 aliphatic carbocycles. The zero-order valence-electron chi connectivity index (χ0n) is 15.2. The van der Waals surface area contributed by atoms with Gasteiger partial charge in [0.2, 0.25) is 0 Å². The number of ether oxygens (including phenoxy) is 2. The van der Waals surface area contributed by atoms with Crippen molar-refractivity contribution in [1.29, 1.82) is 0 Å². The molecule has 4 rings (SSSR count). The second kappa shape index (κ2) is 7.03. The first-order valence-corrected chi connectivity index (χ1v) is 8.99. The van der Waals surface area contributed by atoms with Crippen LogP contribution in [0.1, 0.15) is 22.7 Å². The first-order valence-electron chi connectivity index (χ1n) is 8.99. The minimum Gasteiger partial charge on any atom is -0.493 e. The predicted molar refractivity (Wildman–Crippen MR) is 96.5 cm³/mol. The summed E-state index contributed by atoms with van der Waals surface area (Å²) >= 11 is 0. The number of likely N-dealkylation sites (tertiary alicyclic amines) is 2. The average molecular weight is 356 g/mol. The molecule has 6 heteroatoms. The number of rotatable bonds is 5. The van der Waals surface area contributed by atoms with Crippen LogP contribution < -0.4 is 9.47 Å². The second-order valence-corrected chi connectivity index (χ2v) is 7.01. The maximum atomic E-state index is 12.7. The second-order valence-electron chi connectivity index (χ2n) is 7.01. The molecule has 0 bridgehead atoms. The summed E-state index contributed by atoms with van der Waals surface area (Å²) in [5.41, 5.74) is 0. The van der Waals surface area contributed by atoms with Crippen molar-refractivity contribution in [1.82, 2.24) is 9.80 Å². The lowest BCUT2D eigenvalue weighted by atomic mass is 10.1. The van der Waals surface area contributed by atoms with Gasteiger partial charge < -0.3 is 23.7 Å². The Bertz CT molecular complexity index is 788. The van der Waals surface area contributed by atoms with Crippen LogP contribution in [0.4, 0.5) is 0 Å². The zero-order chi connectivity index (χ0) is 18.1. The number of para-hydroxylation sites is 2. The highest BCUT2D eigenvalue weighted by molar-refractivity contribution is 5.91. The van der Waals surface area contributed by atoms with Crippen molar-refractivity contribution in [2.45, 2.75) is 19.1 Å². The number of hydrogen-bond acceptors (Lipinski definition) is 5. The summed E-state index contributed by atoms with van der Waals surface area (Å²) in [5.74, 6) is 2.88. The lowest BCUT2D eigenvalue weighted by molar-refractivity contribution is 0.0738. The quantitative estimate of drug-likeness (QED) is 0.824. The Morgan fingerprint density at radius 2 is 2.00 bits per heavy atom. The molecule has 1 aromatic heterocycles. The van der Waals surface area contributed by atoms with E-state index >= 15 is 0 Å². The molecule has 3 heterocycles. The highest BCUT2D eigenvalue weighted by Gasteiger charge is 2.41. The van der Waals surface area contributed by atoms with Crippen LogP contribution >= 0.6 is 0 Å². The topological polar surface area (TPSA) is 55.2 Å². The molecule has 0 unspecified atom stereocenters. The fourth-order valence-corrected chi connectivity index (χ4v) is 3.95. The molecular formula is C20H24N2O4. The molecule has 1 amide bonds. The molecule has 0 radical (unpaired) electrons. The van der Waals surface area contributed by atoms with Crippen LogP contribution in [0.5, 0.6) is 11.5 Å². The van der Waals surface area contributed by atoms with E-state index in [1.165, 1.54) is 6.42 Å². The number of hydrogen-bond donors (Lipinski definition) is 0. The van der Waals surface area contributed by atoms with E-state index in [1.54, 1.807) is 19.2 Å². The lowest BCUT2D eigenvalue weighted by Gasteiger charge is -2.19. The Hall–Kier alpha value is -2.47. The van der Waals surface area contributed by atoms with Crippen molar-refractivity contribution < 1.29 is 18.7 Å². The Morgan fingerprint density at radius 1 is 1.19 bits per heavy atom. The SMILES string of the molecule is COc1ccccc1OCc1ccc(C(=O)N2C[C@@H]3CCN(C)[C@@H]3C2)o1. The van der Waals surface area contributed by atoms with Crippen LogP contribution in [0, 0.1) is 5.92 Å². The van der Waals surface area contributed by atoms with Gasteiger partial charge >= 0.3 is 0 Å².